The maximum absolute atomic E-state index is 12.2. The molecule has 3 fully saturated rings. The summed E-state index contributed by atoms with van der Waals surface area (Å²) in [5.41, 5.74) is 1.00. The van der Waals surface area contributed by atoms with E-state index in [0.717, 1.165) is 49.9 Å². The SMILES string of the molecule is C=C1CCC1NC(=O)N1CCC(n2nc(C3CC3)[nH]c2=O)CC1. The number of carbonyl (C=O) groups is 1. The van der Waals surface area contributed by atoms with Gasteiger partial charge in [-0.2, -0.15) is 5.10 Å². The van der Waals surface area contributed by atoms with Crippen molar-refractivity contribution >= 4 is 6.03 Å². The average molecular weight is 317 g/mol. The summed E-state index contributed by atoms with van der Waals surface area (Å²) in [4.78, 5) is 29.0. The van der Waals surface area contributed by atoms with Crippen molar-refractivity contribution in [3.63, 3.8) is 0 Å². The Labute approximate surface area is 134 Å². The lowest BCUT2D eigenvalue weighted by Gasteiger charge is -2.35. The number of aromatic amines is 1. The third kappa shape index (κ3) is 2.80. The Morgan fingerprint density at radius 2 is 1.96 bits per heavy atom. The Kier molecular flexibility index (Phi) is 3.50. The molecule has 124 valence electrons. The van der Waals surface area contributed by atoms with Gasteiger partial charge in [0, 0.05) is 19.0 Å². The molecular weight excluding hydrogens is 294 g/mol. The lowest BCUT2D eigenvalue weighted by Crippen LogP contribution is -2.50. The van der Waals surface area contributed by atoms with E-state index in [1.165, 1.54) is 0 Å². The third-order valence-electron chi connectivity index (χ3n) is 5.26. The van der Waals surface area contributed by atoms with Crippen LogP contribution in [0.15, 0.2) is 16.9 Å². The van der Waals surface area contributed by atoms with Crippen LogP contribution in [0.3, 0.4) is 0 Å². The molecule has 1 aromatic rings. The van der Waals surface area contributed by atoms with Crippen molar-refractivity contribution in [1.82, 2.24) is 25.0 Å². The van der Waals surface area contributed by atoms with Crippen LogP contribution in [0.25, 0.3) is 0 Å². The minimum Gasteiger partial charge on any atom is -0.332 e. The van der Waals surface area contributed by atoms with Gasteiger partial charge in [0.1, 0.15) is 5.82 Å². The van der Waals surface area contributed by atoms with Gasteiger partial charge in [-0.05, 0) is 38.5 Å². The Bertz CT molecular complexity index is 679. The highest BCUT2D eigenvalue weighted by Gasteiger charge is 2.31. The van der Waals surface area contributed by atoms with E-state index in [0.29, 0.717) is 19.0 Å². The molecule has 7 nitrogen and oxygen atoms in total. The van der Waals surface area contributed by atoms with E-state index in [-0.39, 0.29) is 23.8 Å². The molecule has 2 heterocycles. The van der Waals surface area contributed by atoms with Crippen molar-refractivity contribution in [1.29, 1.82) is 0 Å². The fourth-order valence-corrected chi connectivity index (χ4v) is 3.36. The molecule has 2 amide bonds. The predicted molar refractivity (Wildman–Crippen MR) is 85.4 cm³/mol. The zero-order valence-corrected chi connectivity index (χ0v) is 13.3. The molecule has 23 heavy (non-hydrogen) atoms. The summed E-state index contributed by atoms with van der Waals surface area (Å²) in [5, 5.41) is 7.49. The normalized spacial score (nSPS) is 25.3. The van der Waals surface area contributed by atoms with Crippen LogP contribution in [0.4, 0.5) is 4.79 Å². The topological polar surface area (TPSA) is 83.0 Å². The molecule has 0 bridgehead atoms. The van der Waals surface area contributed by atoms with Crippen LogP contribution >= 0.6 is 0 Å². The van der Waals surface area contributed by atoms with Gasteiger partial charge in [-0.1, -0.05) is 12.2 Å². The summed E-state index contributed by atoms with van der Waals surface area (Å²) < 4.78 is 1.59. The van der Waals surface area contributed by atoms with Gasteiger partial charge in [-0.3, -0.25) is 4.98 Å². The first-order chi connectivity index (χ1) is 11.1. The first-order valence-corrected chi connectivity index (χ1v) is 8.53. The molecule has 0 spiro atoms. The molecule has 0 radical (unpaired) electrons. The Balaban J connectivity index is 1.34. The van der Waals surface area contributed by atoms with Crippen molar-refractivity contribution in [2.24, 2.45) is 0 Å². The second-order valence-corrected chi connectivity index (χ2v) is 6.95. The maximum atomic E-state index is 12.2. The minimum atomic E-state index is -0.111. The molecule has 2 saturated carbocycles. The molecule has 2 aliphatic carbocycles. The summed E-state index contributed by atoms with van der Waals surface area (Å²) in [6.45, 7) is 5.26. The van der Waals surface area contributed by atoms with Crippen molar-refractivity contribution in [2.45, 2.75) is 56.5 Å². The standard InChI is InChI=1S/C16H23N5O2/c1-10-2-5-13(10)17-15(22)20-8-6-12(7-9-20)21-16(23)18-14(19-21)11-3-4-11/h11-13H,1-9H2,(H,17,22)(H,18,19,23). The van der Waals surface area contributed by atoms with Crippen LogP contribution in [0.5, 0.6) is 0 Å². The largest absolute Gasteiger partial charge is 0.343 e. The number of hydrogen-bond donors (Lipinski definition) is 2. The summed E-state index contributed by atoms with van der Waals surface area (Å²) >= 11 is 0. The summed E-state index contributed by atoms with van der Waals surface area (Å²) in [5.74, 6) is 1.28. The number of piperidine rings is 1. The number of amides is 2. The molecule has 2 N–H and O–H groups in total. The first kappa shape index (κ1) is 14.5. The molecule has 0 aromatic carbocycles. The van der Waals surface area contributed by atoms with Crippen LogP contribution < -0.4 is 11.0 Å². The molecule has 1 saturated heterocycles. The fourth-order valence-electron chi connectivity index (χ4n) is 3.36. The number of likely N-dealkylation sites (tertiary alicyclic amines) is 1. The second kappa shape index (κ2) is 5.54. The number of rotatable bonds is 3. The highest BCUT2D eigenvalue weighted by Crippen LogP contribution is 2.37. The van der Waals surface area contributed by atoms with Gasteiger partial charge in [0.25, 0.3) is 0 Å². The first-order valence-electron chi connectivity index (χ1n) is 8.53. The number of aromatic nitrogens is 3. The van der Waals surface area contributed by atoms with Crippen molar-refractivity contribution in [3.05, 3.63) is 28.5 Å². The van der Waals surface area contributed by atoms with E-state index in [4.69, 9.17) is 0 Å². The Morgan fingerprint density at radius 3 is 2.52 bits per heavy atom. The number of nitrogens with one attached hydrogen (secondary N) is 2. The van der Waals surface area contributed by atoms with Gasteiger partial charge in [-0.25, -0.2) is 14.3 Å². The molecule has 4 rings (SSSR count). The lowest BCUT2D eigenvalue weighted by molar-refractivity contribution is 0.163. The molecule has 1 atom stereocenters. The monoisotopic (exact) mass is 317 g/mol. The average Bonchev–Trinajstić information content (AvgIpc) is 3.34. The van der Waals surface area contributed by atoms with Crippen molar-refractivity contribution in [3.8, 4) is 0 Å². The van der Waals surface area contributed by atoms with Crippen LogP contribution in [0.1, 0.15) is 56.3 Å². The molecule has 3 aliphatic rings. The molecular formula is C16H23N5O2. The van der Waals surface area contributed by atoms with Crippen LogP contribution in [-0.2, 0) is 0 Å². The Hall–Kier alpha value is -2.05. The van der Waals surface area contributed by atoms with Gasteiger partial charge >= 0.3 is 11.7 Å². The highest BCUT2D eigenvalue weighted by molar-refractivity contribution is 5.75. The maximum Gasteiger partial charge on any atom is 0.343 e. The summed E-state index contributed by atoms with van der Waals surface area (Å²) in [6, 6.07) is 0.228. The lowest BCUT2D eigenvalue weighted by atomic mass is 9.87. The van der Waals surface area contributed by atoms with Gasteiger partial charge in [0.05, 0.1) is 12.1 Å². The van der Waals surface area contributed by atoms with Crippen LogP contribution in [0, 0.1) is 0 Å². The van der Waals surface area contributed by atoms with E-state index < -0.39 is 0 Å². The van der Waals surface area contributed by atoms with E-state index in [1.807, 2.05) is 4.90 Å². The smallest absolute Gasteiger partial charge is 0.332 e. The van der Waals surface area contributed by atoms with Gasteiger partial charge in [-0.15, -0.1) is 0 Å². The van der Waals surface area contributed by atoms with Crippen molar-refractivity contribution in [2.75, 3.05) is 13.1 Å². The van der Waals surface area contributed by atoms with Crippen LogP contribution in [-0.4, -0.2) is 44.8 Å². The third-order valence-corrected chi connectivity index (χ3v) is 5.26. The fraction of sp³-hybridized carbons (Fsp3) is 0.688. The Morgan fingerprint density at radius 1 is 1.22 bits per heavy atom. The summed E-state index contributed by atoms with van der Waals surface area (Å²) in [6.07, 6.45) is 5.80. The van der Waals surface area contributed by atoms with E-state index in [9.17, 15) is 9.59 Å². The van der Waals surface area contributed by atoms with Crippen molar-refractivity contribution < 1.29 is 4.79 Å². The number of nitrogens with zero attached hydrogens (tertiary/aromatic N) is 3. The second-order valence-electron chi connectivity index (χ2n) is 6.95. The zero-order chi connectivity index (χ0) is 16.0. The molecule has 7 heteroatoms. The quantitative estimate of drug-likeness (QED) is 0.829. The molecule has 1 aromatic heterocycles. The van der Waals surface area contributed by atoms with Gasteiger partial charge in [0.2, 0.25) is 0 Å². The number of H-pyrrole nitrogens is 1. The minimum absolute atomic E-state index is 0.0117. The van der Waals surface area contributed by atoms with E-state index in [2.05, 4.69) is 22.0 Å². The number of carbonyl (C=O) groups excluding carboxylic acids is 1. The summed E-state index contributed by atoms with van der Waals surface area (Å²) in [7, 11) is 0. The molecule has 1 unspecified atom stereocenters. The predicted octanol–water partition coefficient (Wildman–Crippen LogP) is 1.51. The van der Waals surface area contributed by atoms with Gasteiger partial charge < -0.3 is 10.2 Å². The number of hydrogen-bond acceptors (Lipinski definition) is 3. The number of urea groups is 1. The zero-order valence-electron chi connectivity index (χ0n) is 13.3. The van der Waals surface area contributed by atoms with Gasteiger partial charge in [0.15, 0.2) is 0 Å². The molecule has 1 aliphatic heterocycles. The van der Waals surface area contributed by atoms with E-state index in [1.54, 1.807) is 4.68 Å². The van der Waals surface area contributed by atoms with Crippen LogP contribution in [0.2, 0.25) is 0 Å². The highest BCUT2D eigenvalue weighted by atomic mass is 16.2. The van der Waals surface area contributed by atoms with E-state index >= 15 is 0 Å².